The van der Waals surface area contributed by atoms with E-state index in [0.717, 1.165) is 52.4 Å². The smallest absolute Gasteiger partial charge is 0.254 e. The fourth-order valence-electron chi connectivity index (χ4n) is 1.84. The van der Waals surface area contributed by atoms with Gasteiger partial charge < -0.3 is 4.90 Å². The van der Waals surface area contributed by atoms with E-state index in [4.69, 9.17) is 0 Å². The van der Waals surface area contributed by atoms with E-state index in [1.54, 1.807) is 0 Å². The molecule has 0 unspecified atom stereocenters. The van der Waals surface area contributed by atoms with E-state index in [9.17, 15) is 4.79 Å². The van der Waals surface area contributed by atoms with E-state index < -0.39 is 0 Å². The zero-order valence-electron chi connectivity index (χ0n) is 11.6. The molecule has 0 heterocycles. The summed E-state index contributed by atoms with van der Waals surface area (Å²) in [7, 11) is 0. The van der Waals surface area contributed by atoms with Crippen LogP contribution in [0.2, 0.25) is 0 Å². The molecule has 0 N–H and O–H groups in total. The monoisotopic (exact) mass is 437 g/mol. The van der Waals surface area contributed by atoms with Gasteiger partial charge in [0.2, 0.25) is 0 Å². The van der Waals surface area contributed by atoms with E-state index >= 15 is 0 Å². The number of carbonyl (C=O) groups is 1. The molecule has 0 aliphatic rings. The number of hydrogen-bond acceptors (Lipinski definition) is 1. The summed E-state index contributed by atoms with van der Waals surface area (Å²) < 4.78 is 1.98. The largest absolute Gasteiger partial charge is 0.339 e. The predicted molar refractivity (Wildman–Crippen MR) is 92.6 cm³/mol. The van der Waals surface area contributed by atoms with Crippen molar-refractivity contribution in [3.05, 3.63) is 31.8 Å². The third kappa shape index (κ3) is 5.42. The van der Waals surface area contributed by atoms with Crippen LogP contribution in [0.15, 0.2) is 22.7 Å². The number of hydrogen-bond donors (Lipinski definition) is 0. The first-order valence-corrected chi connectivity index (χ1v) is 8.71. The van der Waals surface area contributed by atoms with Gasteiger partial charge in [-0.25, -0.2) is 0 Å². The highest BCUT2D eigenvalue weighted by Gasteiger charge is 2.17. The topological polar surface area (TPSA) is 20.3 Å². The van der Waals surface area contributed by atoms with Gasteiger partial charge in [-0.2, -0.15) is 0 Å². The highest BCUT2D eigenvalue weighted by atomic mass is 127. The number of halogens is 2. The number of nitrogens with zero attached hydrogens (tertiary/aromatic N) is 1. The summed E-state index contributed by atoms with van der Waals surface area (Å²) in [5.74, 6) is 0.160. The Hall–Kier alpha value is -0.100. The number of unbranched alkanes of at least 4 members (excludes halogenated alkanes) is 2. The third-order valence-corrected chi connectivity index (χ3v) is 4.44. The molecule has 19 heavy (non-hydrogen) atoms. The average Bonchev–Trinajstić information content (AvgIpc) is 2.41. The molecule has 1 rings (SSSR count). The van der Waals surface area contributed by atoms with Gasteiger partial charge in [0, 0.05) is 21.1 Å². The molecule has 0 bridgehead atoms. The molecule has 1 amide bonds. The summed E-state index contributed by atoms with van der Waals surface area (Å²) in [5, 5.41) is 0. The molecule has 0 aliphatic heterocycles. The predicted octanol–water partition coefficient (Wildman–Crippen LogP) is 5.10. The Bertz CT molecular complexity index is 415. The molecule has 0 aliphatic carbocycles. The highest BCUT2D eigenvalue weighted by Crippen LogP contribution is 2.20. The minimum Gasteiger partial charge on any atom is -0.339 e. The van der Waals surface area contributed by atoms with Crippen molar-refractivity contribution in [2.45, 2.75) is 39.5 Å². The van der Waals surface area contributed by atoms with E-state index in [-0.39, 0.29) is 5.91 Å². The van der Waals surface area contributed by atoms with Crippen LogP contribution in [-0.4, -0.2) is 23.9 Å². The van der Waals surface area contributed by atoms with Gasteiger partial charge in [0.25, 0.3) is 5.91 Å². The van der Waals surface area contributed by atoms with Gasteiger partial charge in [-0.05, 0) is 53.6 Å². The standard InChI is InChI=1S/C15H21BrINO/c1-3-5-9-18(10-6-4-2)15(19)13-11-12(16)7-8-14(13)17/h7-8,11H,3-6,9-10H2,1-2H3. The Balaban J connectivity index is 2.87. The molecule has 0 saturated heterocycles. The van der Waals surface area contributed by atoms with Crippen LogP contribution in [0, 0.1) is 3.57 Å². The molecule has 2 nitrogen and oxygen atoms in total. The van der Waals surface area contributed by atoms with Crippen LogP contribution in [0.5, 0.6) is 0 Å². The van der Waals surface area contributed by atoms with Crippen LogP contribution < -0.4 is 0 Å². The molecule has 0 spiro atoms. The van der Waals surface area contributed by atoms with Crippen molar-refractivity contribution in [1.82, 2.24) is 4.90 Å². The van der Waals surface area contributed by atoms with Crippen LogP contribution in [0.1, 0.15) is 49.9 Å². The van der Waals surface area contributed by atoms with Crippen LogP contribution in [0.3, 0.4) is 0 Å². The van der Waals surface area contributed by atoms with E-state index in [0.29, 0.717) is 0 Å². The summed E-state index contributed by atoms with van der Waals surface area (Å²) in [4.78, 5) is 14.6. The fraction of sp³-hybridized carbons (Fsp3) is 0.533. The lowest BCUT2D eigenvalue weighted by molar-refractivity contribution is 0.0750. The van der Waals surface area contributed by atoms with E-state index in [1.807, 2.05) is 23.1 Å². The van der Waals surface area contributed by atoms with Crippen LogP contribution in [0.4, 0.5) is 0 Å². The zero-order valence-corrected chi connectivity index (χ0v) is 15.3. The van der Waals surface area contributed by atoms with Gasteiger partial charge in [0.05, 0.1) is 5.56 Å². The summed E-state index contributed by atoms with van der Waals surface area (Å²) in [6.07, 6.45) is 4.37. The summed E-state index contributed by atoms with van der Waals surface area (Å²) in [6.45, 7) is 6.03. The molecule has 4 heteroatoms. The van der Waals surface area contributed by atoms with E-state index in [2.05, 4.69) is 52.4 Å². The van der Waals surface area contributed by atoms with Crippen LogP contribution >= 0.6 is 38.5 Å². The normalized spacial score (nSPS) is 10.5. The Morgan fingerprint density at radius 1 is 1.21 bits per heavy atom. The molecular weight excluding hydrogens is 417 g/mol. The maximum absolute atomic E-state index is 12.6. The Morgan fingerprint density at radius 2 is 1.79 bits per heavy atom. The lowest BCUT2D eigenvalue weighted by Crippen LogP contribution is -2.33. The highest BCUT2D eigenvalue weighted by molar-refractivity contribution is 14.1. The Kier molecular flexibility index (Phi) is 7.99. The fourth-order valence-corrected chi connectivity index (χ4v) is 2.77. The second kappa shape index (κ2) is 8.95. The Morgan fingerprint density at radius 3 is 2.32 bits per heavy atom. The molecule has 106 valence electrons. The van der Waals surface area contributed by atoms with Gasteiger partial charge >= 0.3 is 0 Å². The SMILES string of the molecule is CCCCN(CCCC)C(=O)c1cc(Br)ccc1I. The maximum Gasteiger partial charge on any atom is 0.254 e. The molecule has 1 aromatic rings. The van der Waals surface area contributed by atoms with Crippen molar-refractivity contribution in [3.8, 4) is 0 Å². The summed E-state index contributed by atoms with van der Waals surface area (Å²) in [6, 6.07) is 5.88. The van der Waals surface area contributed by atoms with Gasteiger partial charge in [-0.15, -0.1) is 0 Å². The zero-order chi connectivity index (χ0) is 14.3. The first-order valence-electron chi connectivity index (χ1n) is 6.84. The lowest BCUT2D eigenvalue weighted by Gasteiger charge is -2.23. The van der Waals surface area contributed by atoms with Crippen molar-refractivity contribution in [3.63, 3.8) is 0 Å². The molecule has 0 radical (unpaired) electrons. The van der Waals surface area contributed by atoms with Gasteiger partial charge in [0.15, 0.2) is 0 Å². The molecule has 1 aromatic carbocycles. The first kappa shape index (κ1) is 17.0. The number of carbonyl (C=O) groups excluding carboxylic acids is 1. The minimum atomic E-state index is 0.160. The quantitative estimate of drug-likeness (QED) is 0.543. The van der Waals surface area contributed by atoms with Gasteiger partial charge in [0.1, 0.15) is 0 Å². The minimum absolute atomic E-state index is 0.160. The molecule has 0 aromatic heterocycles. The molecule has 0 atom stereocenters. The maximum atomic E-state index is 12.6. The summed E-state index contributed by atoms with van der Waals surface area (Å²) >= 11 is 5.68. The number of rotatable bonds is 7. The van der Waals surface area contributed by atoms with Crippen LogP contribution in [-0.2, 0) is 0 Å². The third-order valence-electron chi connectivity index (χ3n) is 3.01. The van der Waals surface area contributed by atoms with Crippen molar-refractivity contribution >= 4 is 44.4 Å². The van der Waals surface area contributed by atoms with Gasteiger partial charge in [-0.3, -0.25) is 4.79 Å². The number of benzene rings is 1. The average molecular weight is 438 g/mol. The van der Waals surface area contributed by atoms with E-state index in [1.165, 1.54) is 0 Å². The first-order chi connectivity index (χ1) is 9.10. The Labute approximate surface area is 138 Å². The van der Waals surface area contributed by atoms with Gasteiger partial charge in [-0.1, -0.05) is 42.6 Å². The molecular formula is C15H21BrINO. The van der Waals surface area contributed by atoms with Crippen molar-refractivity contribution in [2.75, 3.05) is 13.1 Å². The van der Waals surface area contributed by atoms with Crippen molar-refractivity contribution < 1.29 is 4.79 Å². The summed E-state index contributed by atoms with van der Waals surface area (Å²) in [5.41, 5.74) is 0.808. The number of amides is 1. The van der Waals surface area contributed by atoms with Crippen molar-refractivity contribution in [1.29, 1.82) is 0 Å². The lowest BCUT2D eigenvalue weighted by atomic mass is 10.1. The second-order valence-electron chi connectivity index (χ2n) is 4.62. The van der Waals surface area contributed by atoms with Crippen LogP contribution in [0.25, 0.3) is 0 Å². The van der Waals surface area contributed by atoms with Crippen molar-refractivity contribution in [2.24, 2.45) is 0 Å². The molecule has 0 fully saturated rings. The molecule has 0 saturated carbocycles. The second-order valence-corrected chi connectivity index (χ2v) is 6.70.